The number of carboxylic acids is 1. The Morgan fingerprint density at radius 1 is 1.33 bits per heavy atom. The van der Waals surface area contributed by atoms with Crippen LogP contribution in [0.2, 0.25) is 0 Å². The SMILES string of the molecule is COc1c(C(O)C(=O)O)cccc1C(Cl)C(C)=O. The van der Waals surface area contributed by atoms with E-state index in [1.165, 1.54) is 26.2 Å². The van der Waals surface area contributed by atoms with Crippen LogP contribution in [0.15, 0.2) is 18.2 Å². The Kier molecular flexibility index (Phi) is 4.69. The third kappa shape index (κ3) is 2.80. The van der Waals surface area contributed by atoms with Gasteiger partial charge < -0.3 is 14.9 Å². The van der Waals surface area contributed by atoms with E-state index in [1.807, 2.05) is 0 Å². The van der Waals surface area contributed by atoms with Gasteiger partial charge in [-0.1, -0.05) is 18.2 Å². The molecule has 0 radical (unpaired) electrons. The number of carboxylic acid groups (broad SMARTS) is 1. The minimum absolute atomic E-state index is 0.0643. The highest BCUT2D eigenvalue weighted by molar-refractivity contribution is 6.31. The Bertz CT molecular complexity index is 433. The van der Waals surface area contributed by atoms with E-state index in [0.717, 1.165) is 0 Å². The van der Waals surface area contributed by atoms with Gasteiger partial charge in [0.25, 0.3) is 0 Å². The molecule has 0 aliphatic heterocycles. The molecule has 98 valence electrons. The predicted octanol–water partition coefficient (Wildman–Crippen LogP) is 1.68. The number of para-hydroxylation sites is 1. The molecule has 0 aliphatic rings. The van der Waals surface area contributed by atoms with Crippen molar-refractivity contribution in [1.82, 2.24) is 0 Å². The second-order valence-corrected chi connectivity index (χ2v) is 4.12. The summed E-state index contributed by atoms with van der Waals surface area (Å²) in [6.45, 7) is 1.32. The van der Waals surface area contributed by atoms with Gasteiger partial charge in [0.05, 0.1) is 7.11 Å². The molecule has 0 aromatic heterocycles. The molecule has 0 heterocycles. The van der Waals surface area contributed by atoms with Crippen molar-refractivity contribution in [3.63, 3.8) is 0 Å². The number of aliphatic carboxylic acids is 1. The van der Waals surface area contributed by atoms with E-state index in [-0.39, 0.29) is 17.1 Å². The van der Waals surface area contributed by atoms with Crippen LogP contribution < -0.4 is 4.74 Å². The number of methoxy groups -OCH3 is 1. The van der Waals surface area contributed by atoms with Crippen molar-refractivity contribution >= 4 is 23.4 Å². The monoisotopic (exact) mass is 272 g/mol. The number of Topliss-reactive ketones (excluding diaryl/α,β-unsaturated/α-hetero) is 1. The Hall–Kier alpha value is -1.59. The molecule has 0 spiro atoms. The number of alkyl halides is 1. The summed E-state index contributed by atoms with van der Waals surface area (Å²) in [7, 11) is 1.32. The number of ketones is 1. The van der Waals surface area contributed by atoms with Crippen LogP contribution in [0, 0.1) is 0 Å². The summed E-state index contributed by atoms with van der Waals surface area (Å²) in [5.74, 6) is -1.58. The zero-order chi connectivity index (χ0) is 13.9. The molecule has 0 saturated carbocycles. The van der Waals surface area contributed by atoms with Crippen molar-refractivity contribution in [3.8, 4) is 5.75 Å². The molecule has 5 nitrogen and oxygen atoms in total. The lowest BCUT2D eigenvalue weighted by molar-refractivity contribution is -0.147. The quantitative estimate of drug-likeness (QED) is 0.797. The van der Waals surface area contributed by atoms with Crippen LogP contribution in [0.1, 0.15) is 29.5 Å². The Morgan fingerprint density at radius 3 is 2.33 bits per heavy atom. The fraction of sp³-hybridized carbons (Fsp3) is 0.333. The van der Waals surface area contributed by atoms with Crippen molar-refractivity contribution in [2.24, 2.45) is 0 Å². The van der Waals surface area contributed by atoms with Crippen LogP contribution in [0.5, 0.6) is 5.75 Å². The molecular weight excluding hydrogens is 260 g/mol. The van der Waals surface area contributed by atoms with Gasteiger partial charge in [-0.25, -0.2) is 4.79 Å². The lowest BCUT2D eigenvalue weighted by Crippen LogP contribution is -2.13. The average molecular weight is 273 g/mol. The molecule has 2 atom stereocenters. The van der Waals surface area contributed by atoms with Crippen molar-refractivity contribution in [1.29, 1.82) is 0 Å². The van der Waals surface area contributed by atoms with Crippen LogP contribution in [-0.4, -0.2) is 29.1 Å². The highest BCUT2D eigenvalue weighted by Crippen LogP contribution is 2.36. The molecule has 0 amide bonds. The third-order valence-corrected chi connectivity index (χ3v) is 2.98. The molecule has 1 aromatic carbocycles. The summed E-state index contributed by atoms with van der Waals surface area (Å²) in [4.78, 5) is 22.0. The van der Waals surface area contributed by atoms with Gasteiger partial charge in [0.2, 0.25) is 0 Å². The molecule has 18 heavy (non-hydrogen) atoms. The third-order valence-electron chi connectivity index (χ3n) is 2.44. The van der Waals surface area contributed by atoms with Gasteiger partial charge >= 0.3 is 5.97 Å². The van der Waals surface area contributed by atoms with Crippen molar-refractivity contribution in [2.45, 2.75) is 18.4 Å². The van der Waals surface area contributed by atoms with E-state index in [0.29, 0.717) is 5.56 Å². The van der Waals surface area contributed by atoms with Gasteiger partial charge in [-0.05, 0) is 6.92 Å². The number of ether oxygens (including phenoxy) is 1. The first-order valence-electron chi connectivity index (χ1n) is 5.12. The molecule has 2 unspecified atom stereocenters. The molecule has 2 N–H and O–H groups in total. The summed E-state index contributed by atoms with van der Waals surface area (Å²) < 4.78 is 5.06. The molecule has 0 bridgehead atoms. The first kappa shape index (κ1) is 14.5. The first-order valence-corrected chi connectivity index (χ1v) is 5.56. The summed E-state index contributed by atoms with van der Waals surface area (Å²) in [5.41, 5.74) is 0.402. The van der Waals surface area contributed by atoms with Gasteiger partial charge in [0.1, 0.15) is 11.1 Å². The number of aliphatic hydroxyl groups is 1. The lowest BCUT2D eigenvalue weighted by atomic mass is 10.0. The summed E-state index contributed by atoms with van der Waals surface area (Å²) in [6.07, 6.45) is -1.73. The molecule has 0 saturated heterocycles. The predicted molar refractivity (Wildman–Crippen MR) is 64.9 cm³/mol. The lowest BCUT2D eigenvalue weighted by Gasteiger charge is -2.17. The van der Waals surface area contributed by atoms with Crippen LogP contribution in [0.4, 0.5) is 0 Å². The Labute approximate surface area is 109 Å². The van der Waals surface area contributed by atoms with E-state index in [2.05, 4.69) is 0 Å². The fourth-order valence-electron chi connectivity index (χ4n) is 1.58. The Balaban J connectivity index is 3.34. The zero-order valence-corrected chi connectivity index (χ0v) is 10.6. The number of rotatable bonds is 5. The molecule has 0 fully saturated rings. The molecule has 6 heteroatoms. The number of aliphatic hydroxyl groups excluding tert-OH is 1. The van der Waals surface area contributed by atoms with Crippen LogP contribution in [-0.2, 0) is 9.59 Å². The number of hydrogen-bond acceptors (Lipinski definition) is 4. The van der Waals surface area contributed by atoms with Gasteiger partial charge in [-0.15, -0.1) is 11.6 Å². The largest absolute Gasteiger partial charge is 0.496 e. The summed E-state index contributed by atoms with van der Waals surface area (Å²) in [6, 6.07) is 4.47. The van der Waals surface area contributed by atoms with E-state index in [1.54, 1.807) is 6.07 Å². The second kappa shape index (κ2) is 5.84. The number of hydrogen-bond donors (Lipinski definition) is 2. The van der Waals surface area contributed by atoms with Crippen LogP contribution in [0.25, 0.3) is 0 Å². The maximum atomic E-state index is 11.3. The highest BCUT2D eigenvalue weighted by atomic mass is 35.5. The normalized spacial score (nSPS) is 13.8. The van der Waals surface area contributed by atoms with E-state index >= 15 is 0 Å². The Morgan fingerprint density at radius 2 is 1.89 bits per heavy atom. The van der Waals surface area contributed by atoms with E-state index in [4.69, 9.17) is 21.4 Å². The van der Waals surface area contributed by atoms with E-state index in [9.17, 15) is 14.7 Å². The first-order chi connectivity index (χ1) is 8.40. The van der Waals surface area contributed by atoms with Crippen molar-refractivity contribution in [2.75, 3.05) is 7.11 Å². The summed E-state index contributed by atoms with van der Waals surface area (Å²) >= 11 is 5.92. The van der Waals surface area contributed by atoms with Crippen LogP contribution in [0.3, 0.4) is 0 Å². The molecule has 0 aliphatic carbocycles. The summed E-state index contributed by atoms with van der Waals surface area (Å²) in [5, 5.41) is 17.4. The minimum atomic E-state index is -1.73. The topological polar surface area (TPSA) is 83.8 Å². The van der Waals surface area contributed by atoms with Crippen molar-refractivity contribution in [3.05, 3.63) is 29.3 Å². The highest BCUT2D eigenvalue weighted by Gasteiger charge is 2.25. The number of carbonyl (C=O) groups excluding carboxylic acids is 1. The standard InChI is InChI=1S/C12H13ClO5/c1-6(14)9(13)7-4-3-5-8(11(7)18-2)10(15)12(16)17/h3-5,9-10,15H,1-2H3,(H,16,17). The zero-order valence-electron chi connectivity index (χ0n) is 9.88. The number of halogens is 1. The number of carbonyl (C=O) groups is 2. The maximum Gasteiger partial charge on any atom is 0.337 e. The van der Waals surface area contributed by atoms with Crippen molar-refractivity contribution < 1.29 is 24.5 Å². The molecular formula is C12H13ClO5. The minimum Gasteiger partial charge on any atom is -0.496 e. The maximum absolute atomic E-state index is 11.3. The number of benzene rings is 1. The average Bonchev–Trinajstić information content (AvgIpc) is 2.35. The van der Waals surface area contributed by atoms with Gasteiger partial charge in [0.15, 0.2) is 11.9 Å². The van der Waals surface area contributed by atoms with Gasteiger partial charge in [-0.3, -0.25) is 4.79 Å². The van der Waals surface area contributed by atoms with Gasteiger partial charge in [-0.2, -0.15) is 0 Å². The fourth-order valence-corrected chi connectivity index (χ4v) is 1.75. The molecule has 1 aromatic rings. The van der Waals surface area contributed by atoms with Gasteiger partial charge in [0, 0.05) is 11.1 Å². The van der Waals surface area contributed by atoms with E-state index < -0.39 is 17.5 Å². The van der Waals surface area contributed by atoms with Crippen LogP contribution >= 0.6 is 11.6 Å². The molecule has 1 rings (SSSR count). The second-order valence-electron chi connectivity index (χ2n) is 3.68. The smallest absolute Gasteiger partial charge is 0.337 e.